The Morgan fingerprint density at radius 2 is 2.29 bits per heavy atom. The average Bonchev–Trinajstić information content (AvgIpc) is 2.11. The fourth-order valence-electron chi connectivity index (χ4n) is 0.734. The highest BCUT2D eigenvalue weighted by Gasteiger charge is 2.10. The number of nitrogens with one attached hydrogen (secondary N) is 1. The van der Waals surface area contributed by atoms with Crippen LogP contribution in [0.4, 0.5) is 5.69 Å². The second kappa shape index (κ2) is 4.46. The van der Waals surface area contributed by atoms with Crippen molar-refractivity contribution < 1.29 is 8.42 Å². The number of anilines is 1. The van der Waals surface area contributed by atoms with Crippen LogP contribution in [0.25, 0.3) is 0 Å². The molecule has 1 heterocycles. The van der Waals surface area contributed by atoms with Crippen molar-refractivity contribution in [2.45, 2.75) is 6.92 Å². The SMILES string of the molecule is CCS(=O)(=O)Nc1cc(Br)cnc1Cl. The van der Waals surface area contributed by atoms with E-state index in [9.17, 15) is 8.42 Å². The summed E-state index contributed by atoms with van der Waals surface area (Å²) in [5.74, 6) is -0.00412. The van der Waals surface area contributed by atoms with Gasteiger partial charge in [-0.25, -0.2) is 13.4 Å². The van der Waals surface area contributed by atoms with Crippen LogP contribution in [0.2, 0.25) is 5.15 Å². The van der Waals surface area contributed by atoms with E-state index in [4.69, 9.17) is 11.6 Å². The molecule has 0 spiro atoms. The second-order valence-electron chi connectivity index (χ2n) is 2.50. The van der Waals surface area contributed by atoms with Gasteiger partial charge in [-0.2, -0.15) is 0 Å². The minimum Gasteiger partial charge on any atom is -0.280 e. The third-order valence-electron chi connectivity index (χ3n) is 1.45. The van der Waals surface area contributed by atoms with Gasteiger partial charge in [0.05, 0.1) is 11.4 Å². The lowest BCUT2D eigenvalue weighted by Crippen LogP contribution is -2.15. The first kappa shape index (κ1) is 11.7. The van der Waals surface area contributed by atoms with Crippen LogP contribution in [0.3, 0.4) is 0 Å². The lowest BCUT2D eigenvalue weighted by Gasteiger charge is -2.07. The van der Waals surface area contributed by atoms with Gasteiger partial charge in [-0.05, 0) is 28.9 Å². The molecular formula is C7H8BrClN2O2S. The maximum absolute atomic E-state index is 11.2. The summed E-state index contributed by atoms with van der Waals surface area (Å²) in [6.45, 7) is 1.54. The number of sulfonamides is 1. The van der Waals surface area contributed by atoms with Crippen molar-refractivity contribution in [3.63, 3.8) is 0 Å². The molecule has 0 aliphatic heterocycles. The molecule has 4 nitrogen and oxygen atoms in total. The van der Waals surface area contributed by atoms with Gasteiger partial charge in [0.2, 0.25) is 10.0 Å². The molecule has 1 N–H and O–H groups in total. The van der Waals surface area contributed by atoms with E-state index in [2.05, 4.69) is 25.6 Å². The van der Waals surface area contributed by atoms with Gasteiger partial charge in [-0.3, -0.25) is 4.72 Å². The van der Waals surface area contributed by atoms with Gasteiger partial charge in [-0.15, -0.1) is 0 Å². The van der Waals surface area contributed by atoms with Crippen LogP contribution in [0.5, 0.6) is 0 Å². The fraction of sp³-hybridized carbons (Fsp3) is 0.286. The van der Waals surface area contributed by atoms with E-state index < -0.39 is 10.0 Å². The molecule has 78 valence electrons. The lowest BCUT2D eigenvalue weighted by atomic mass is 10.4. The van der Waals surface area contributed by atoms with Gasteiger partial charge in [0, 0.05) is 10.7 Å². The van der Waals surface area contributed by atoms with E-state index in [-0.39, 0.29) is 16.6 Å². The lowest BCUT2D eigenvalue weighted by molar-refractivity contribution is 0.602. The zero-order chi connectivity index (χ0) is 10.8. The molecule has 0 amide bonds. The van der Waals surface area contributed by atoms with E-state index in [0.29, 0.717) is 4.47 Å². The molecule has 0 fully saturated rings. The maximum atomic E-state index is 11.2. The molecule has 1 aromatic rings. The average molecular weight is 300 g/mol. The molecule has 0 aliphatic carbocycles. The Hall–Kier alpha value is -0.330. The first-order valence-electron chi connectivity index (χ1n) is 3.76. The molecular weight excluding hydrogens is 292 g/mol. The third kappa shape index (κ3) is 3.11. The van der Waals surface area contributed by atoms with Crippen molar-refractivity contribution in [2.75, 3.05) is 10.5 Å². The highest BCUT2D eigenvalue weighted by molar-refractivity contribution is 9.10. The molecule has 0 radical (unpaired) electrons. The van der Waals surface area contributed by atoms with Crippen molar-refractivity contribution in [1.82, 2.24) is 4.98 Å². The predicted octanol–water partition coefficient (Wildman–Crippen LogP) is 2.26. The first-order valence-corrected chi connectivity index (χ1v) is 6.58. The molecule has 0 aliphatic rings. The highest BCUT2D eigenvalue weighted by atomic mass is 79.9. The minimum absolute atomic E-state index is 0.00412. The van der Waals surface area contributed by atoms with Crippen LogP contribution in [0.1, 0.15) is 6.92 Å². The summed E-state index contributed by atoms with van der Waals surface area (Å²) in [5, 5.41) is 0.130. The van der Waals surface area contributed by atoms with Gasteiger partial charge in [0.1, 0.15) is 0 Å². The third-order valence-corrected chi connectivity index (χ3v) is 3.48. The van der Waals surface area contributed by atoms with E-state index in [1.54, 1.807) is 13.0 Å². The molecule has 0 saturated heterocycles. The molecule has 0 unspecified atom stereocenters. The van der Waals surface area contributed by atoms with E-state index in [0.717, 1.165) is 0 Å². The predicted molar refractivity (Wildman–Crippen MR) is 60.0 cm³/mol. The van der Waals surface area contributed by atoms with Crippen molar-refractivity contribution in [2.24, 2.45) is 0 Å². The molecule has 1 aromatic heterocycles. The minimum atomic E-state index is -3.31. The van der Waals surface area contributed by atoms with Gasteiger partial charge < -0.3 is 0 Å². The molecule has 0 atom stereocenters. The molecule has 0 saturated carbocycles. The standard InChI is InChI=1S/C7H8BrClN2O2S/c1-2-14(12,13)11-6-3-5(8)4-10-7(6)9/h3-4,11H,2H2,1H3. The first-order chi connectivity index (χ1) is 6.44. The Bertz CT molecular complexity index is 435. The Morgan fingerprint density at radius 1 is 1.64 bits per heavy atom. The van der Waals surface area contributed by atoms with Crippen LogP contribution in [-0.2, 0) is 10.0 Å². The monoisotopic (exact) mass is 298 g/mol. The molecule has 1 rings (SSSR count). The zero-order valence-electron chi connectivity index (χ0n) is 7.29. The quantitative estimate of drug-likeness (QED) is 0.871. The second-order valence-corrected chi connectivity index (χ2v) is 5.78. The van der Waals surface area contributed by atoms with Crippen LogP contribution in [0, 0.1) is 0 Å². The number of nitrogens with zero attached hydrogens (tertiary/aromatic N) is 1. The number of halogens is 2. The number of hydrogen-bond acceptors (Lipinski definition) is 3. The van der Waals surface area contributed by atoms with E-state index in [1.165, 1.54) is 6.20 Å². The Balaban J connectivity index is 3.03. The number of pyridine rings is 1. The number of aromatic nitrogens is 1. The smallest absolute Gasteiger partial charge is 0.232 e. The molecule has 0 aromatic carbocycles. The largest absolute Gasteiger partial charge is 0.280 e. The van der Waals surface area contributed by atoms with Crippen molar-refractivity contribution >= 4 is 43.2 Å². The molecule has 0 bridgehead atoms. The summed E-state index contributed by atoms with van der Waals surface area (Å²) < 4.78 is 25.4. The van der Waals surface area contributed by atoms with Gasteiger partial charge in [0.15, 0.2) is 5.15 Å². The number of rotatable bonds is 3. The Labute approximate surface area is 95.9 Å². The Morgan fingerprint density at radius 3 is 2.86 bits per heavy atom. The van der Waals surface area contributed by atoms with Crippen LogP contribution < -0.4 is 4.72 Å². The topological polar surface area (TPSA) is 59.1 Å². The Kier molecular flexibility index (Phi) is 3.74. The van der Waals surface area contributed by atoms with Crippen molar-refractivity contribution in [3.8, 4) is 0 Å². The van der Waals surface area contributed by atoms with Gasteiger partial charge >= 0.3 is 0 Å². The summed E-state index contributed by atoms with van der Waals surface area (Å²) in [5.41, 5.74) is 0.280. The van der Waals surface area contributed by atoms with Gasteiger partial charge in [-0.1, -0.05) is 11.6 Å². The maximum Gasteiger partial charge on any atom is 0.232 e. The fourth-order valence-corrected chi connectivity index (χ4v) is 1.91. The van der Waals surface area contributed by atoms with Crippen molar-refractivity contribution in [1.29, 1.82) is 0 Å². The summed E-state index contributed by atoms with van der Waals surface area (Å²) >= 11 is 8.87. The summed E-state index contributed by atoms with van der Waals surface area (Å²) in [6, 6.07) is 1.56. The highest BCUT2D eigenvalue weighted by Crippen LogP contribution is 2.23. The summed E-state index contributed by atoms with van der Waals surface area (Å²) in [7, 11) is -3.31. The van der Waals surface area contributed by atoms with Gasteiger partial charge in [0.25, 0.3) is 0 Å². The molecule has 14 heavy (non-hydrogen) atoms. The van der Waals surface area contributed by atoms with Crippen molar-refractivity contribution in [3.05, 3.63) is 21.9 Å². The summed E-state index contributed by atoms with van der Waals surface area (Å²) in [6.07, 6.45) is 1.49. The van der Waals surface area contributed by atoms with E-state index in [1.807, 2.05) is 0 Å². The molecule has 7 heteroatoms. The van der Waals surface area contributed by atoms with Crippen LogP contribution >= 0.6 is 27.5 Å². The summed E-state index contributed by atoms with van der Waals surface area (Å²) in [4.78, 5) is 3.79. The van der Waals surface area contributed by atoms with E-state index >= 15 is 0 Å². The normalized spacial score (nSPS) is 11.4. The van der Waals surface area contributed by atoms with Crippen LogP contribution in [0.15, 0.2) is 16.7 Å². The van der Waals surface area contributed by atoms with Crippen LogP contribution in [-0.4, -0.2) is 19.2 Å². The zero-order valence-corrected chi connectivity index (χ0v) is 10.4. The number of hydrogen-bond donors (Lipinski definition) is 1.